The molecule has 0 atom stereocenters. The minimum Gasteiger partial charge on any atom is -0.423 e. The second-order valence-corrected chi connectivity index (χ2v) is 5.94. The Morgan fingerprint density at radius 3 is 2.21 bits per heavy atom. The maximum atomic E-state index is 12.1. The number of rotatable bonds is 9. The third-order valence-electron chi connectivity index (χ3n) is 3.99. The van der Waals surface area contributed by atoms with Gasteiger partial charge in [-0.3, -0.25) is 4.79 Å². The van der Waals surface area contributed by atoms with E-state index in [1.165, 1.54) is 37.7 Å². The zero-order chi connectivity index (χ0) is 17.2. The van der Waals surface area contributed by atoms with Crippen molar-refractivity contribution in [3.63, 3.8) is 0 Å². The van der Waals surface area contributed by atoms with Crippen LogP contribution in [-0.2, 0) is 6.42 Å². The molecule has 0 aliphatic carbocycles. The van der Waals surface area contributed by atoms with E-state index in [1.54, 1.807) is 24.3 Å². The quantitative estimate of drug-likeness (QED) is 0.274. The Morgan fingerprint density at radius 2 is 1.58 bits per heavy atom. The van der Waals surface area contributed by atoms with Crippen molar-refractivity contribution >= 4 is 12.3 Å². The number of aryl methyl sites for hydroxylation is 1. The van der Waals surface area contributed by atoms with E-state index >= 15 is 0 Å². The maximum absolute atomic E-state index is 12.1. The van der Waals surface area contributed by atoms with Crippen LogP contribution in [0.3, 0.4) is 0 Å². The first-order chi connectivity index (χ1) is 11.7. The molecule has 126 valence electrons. The summed E-state index contributed by atoms with van der Waals surface area (Å²) in [4.78, 5) is 22.7. The van der Waals surface area contributed by atoms with Crippen LogP contribution in [0.2, 0.25) is 0 Å². The second-order valence-electron chi connectivity index (χ2n) is 5.94. The molecule has 24 heavy (non-hydrogen) atoms. The topological polar surface area (TPSA) is 43.4 Å². The zero-order valence-electron chi connectivity index (χ0n) is 14.2. The predicted molar refractivity (Wildman–Crippen MR) is 95.7 cm³/mol. The standard InChI is InChI=1S/C21H24O3/c1-2-3-4-5-6-7-17-8-12-19(13-9-17)21(23)24-20-14-10-18(16-22)11-15-20/h8-16H,2-7H2,1H3. The van der Waals surface area contributed by atoms with Crippen LogP contribution >= 0.6 is 0 Å². The fourth-order valence-electron chi connectivity index (χ4n) is 2.52. The molecule has 0 amide bonds. The van der Waals surface area contributed by atoms with Gasteiger partial charge in [-0.2, -0.15) is 0 Å². The summed E-state index contributed by atoms with van der Waals surface area (Å²) in [6, 6.07) is 14.1. The Bertz CT molecular complexity index is 642. The summed E-state index contributed by atoms with van der Waals surface area (Å²) >= 11 is 0. The molecule has 2 aromatic rings. The summed E-state index contributed by atoms with van der Waals surface area (Å²) < 4.78 is 5.31. The van der Waals surface area contributed by atoms with E-state index in [0.717, 1.165) is 12.7 Å². The first-order valence-corrected chi connectivity index (χ1v) is 8.59. The minimum atomic E-state index is -0.386. The predicted octanol–water partition coefficient (Wildman–Crippen LogP) is 5.23. The first kappa shape index (κ1) is 17.9. The van der Waals surface area contributed by atoms with Gasteiger partial charge >= 0.3 is 5.97 Å². The minimum absolute atomic E-state index is 0.386. The first-order valence-electron chi connectivity index (χ1n) is 8.59. The molecule has 0 heterocycles. The summed E-state index contributed by atoms with van der Waals surface area (Å²) in [6.45, 7) is 2.22. The van der Waals surface area contributed by atoms with Crippen LogP contribution in [0, 0.1) is 0 Å². The molecule has 0 saturated carbocycles. The van der Waals surface area contributed by atoms with Crippen molar-refractivity contribution in [1.82, 2.24) is 0 Å². The van der Waals surface area contributed by atoms with E-state index in [2.05, 4.69) is 6.92 Å². The molecular weight excluding hydrogens is 300 g/mol. The molecule has 0 saturated heterocycles. The zero-order valence-corrected chi connectivity index (χ0v) is 14.2. The van der Waals surface area contributed by atoms with Gasteiger partial charge in [0.1, 0.15) is 12.0 Å². The number of ether oxygens (including phenoxy) is 1. The van der Waals surface area contributed by atoms with Crippen LogP contribution in [-0.4, -0.2) is 12.3 Å². The average molecular weight is 324 g/mol. The van der Waals surface area contributed by atoms with Gasteiger partial charge in [-0.05, 0) is 54.8 Å². The van der Waals surface area contributed by atoms with Crippen molar-refractivity contribution in [2.75, 3.05) is 0 Å². The van der Waals surface area contributed by atoms with Gasteiger partial charge in [-0.25, -0.2) is 4.79 Å². The fraction of sp³-hybridized carbons (Fsp3) is 0.333. The van der Waals surface area contributed by atoms with Gasteiger partial charge in [0.2, 0.25) is 0 Å². The lowest BCUT2D eigenvalue weighted by Gasteiger charge is -2.06. The van der Waals surface area contributed by atoms with E-state index in [9.17, 15) is 9.59 Å². The summed E-state index contributed by atoms with van der Waals surface area (Å²) in [5.41, 5.74) is 2.33. The van der Waals surface area contributed by atoms with E-state index in [0.29, 0.717) is 16.9 Å². The van der Waals surface area contributed by atoms with Gasteiger partial charge < -0.3 is 4.74 Å². The van der Waals surface area contributed by atoms with Crippen molar-refractivity contribution in [3.05, 3.63) is 65.2 Å². The monoisotopic (exact) mass is 324 g/mol. The molecule has 0 bridgehead atoms. The molecule has 2 rings (SSSR count). The van der Waals surface area contributed by atoms with Crippen LogP contribution < -0.4 is 4.74 Å². The number of aldehydes is 1. The van der Waals surface area contributed by atoms with Gasteiger partial charge in [0.15, 0.2) is 0 Å². The van der Waals surface area contributed by atoms with Crippen LogP contribution in [0.15, 0.2) is 48.5 Å². The lowest BCUT2D eigenvalue weighted by atomic mass is 10.0. The van der Waals surface area contributed by atoms with Crippen molar-refractivity contribution < 1.29 is 14.3 Å². The number of hydrogen-bond acceptors (Lipinski definition) is 3. The summed E-state index contributed by atoms with van der Waals surface area (Å²) in [5, 5.41) is 0. The van der Waals surface area contributed by atoms with E-state index in [-0.39, 0.29) is 5.97 Å². The Kier molecular flexibility index (Phi) is 7.21. The molecule has 0 radical (unpaired) electrons. The molecule has 0 N–H and O–H groups in total. The number of unbranched alkanes of at least 4 members (excludes halogenated alkanes) is 4. The van der Waals surface area contributed by atoms with Gasteiger partial charge in [0, 0.05) is 5.56 Å². The van der Waals surface area contributed by atoms with Crippen LogP contribution in [0.5, 0.6) is 5.75 Å². The van der Waals surface area contributed by atoms with Crippen LogP contribution in [0.4, 0.5) is 0 Å². The van der Waals surface area contributed by atoms with Gasteiger partial charge in [-0.15, -0.1) is 0 Å². The van der Waals surface area contributed by atoms with Gasteiger partial charge in [0.05, 0.1) is 5.56 Å². The number of esters is 1. The highest BCUT2D eigenvalue weighted by molar-refractivity contribution is 5.91. The third-order valence-corrected chi connectivity index (χ3v) is 3.99. The van der Waals surface area contributed by atoms with E-state index in [1.807, 2.05) is 24.3 Å². The van der Waals surface area contributed by atoms with Crippen LogP contribution in [0.1, 0.15) is 65.3 Å². The highest BCUT2D eigenvalue weighted by Crippen LogP contribution is 2.15. The Hall–Kier alpha value is -2.42. The Balaban J connectivity index is 1.84. The average Bonchev–Trinajstić information content (AvgIpc) is 2.62. The third kappa shape index (κ3) is 5.65. The van der Waals surface area contributed by atoms with Crippen LogP contribution in [0.25, 0.3) is 0 Å². The number of carbonyl (C=O) groups is 2. The maximum Gasteiger partial charge on any atom is 0.343 e. The molecule has 0 aliphatic rings. The largest absolute Gasteiger partial charge is 0.423 e. The molecule has 3 nitrogen and oxygen atoms in total. The van der Waals surface area contributed by atoms with Crippen molar-refractivity contribution in [2.24, 2.45) is 0 Å². The van der Waals surface area contributed by atoms with Crippen molar-refractivity contribution in [1.29, 1.82) is 0 Å². The SMILES string of the molecule is CCCCCCCc1ccc(C(=O)Oc2ccc(C=O)cc2)cc1. The van der Waals surface area contributed by atoms with Gasteiger partial charge in [0.25, 0.3) is 0 Å². The highest BCUT2D eigenvalue weighted by Gasteiger charge is 2.08. The van der Waals surface area contributed by atoms with Crippen molar-refractivity contribution in [3.8, 4) is 5.75 Å². The Labute approximate surface area is 143 Å². The molecule has 0 aromatic heterocycles. The number of benzene rings is 2. The molecule has 2 aromatic carbocycles. The molecule has 0 spiro atoms. The van der Waals surface area contributed by atoms with Gasteiger partial charge in [-0.1, -0.05) is 44.7 Å². The lowest BCUT2D eigenvalue weighted by Crippen LogP contribution is -2.08. The van der Waals surface area contributed by atoms with Crippen molar-refractivity contribution in [2.45, 2.75) is 45.4 Å². The highest BCUT2D eigenvalue weighted by atomic mass is 16.5. The molecule has 0 fully saturated rings. The summed E-state index contributed by atoms with van der Waals surface area (Å²) in [6.07, 6.45) is 8.11. The smallest absolute Gasteiger partial charge is 0.343 e. The normalized spacial score (nSPS) is 10.4. The molecule has 0 unspecified atom stereocenters. The number of carbonyl (C=O) groups excluding carboxylic acids is 2. The second kappa shape index (κ2) is 9.66. The lowest BCUT2D eigenvalue weighted by molar-refractivity contribution is 0.0734. The van der Waals surface area contributed by atoms with E-state index < -0.39 is 0 Å². The summed E-state index contributed by atoms with van der Waals surface area (Å²) in [7, 11) is 0. The molecule has 0 aliphatic heterocycles. The molecule has 3 heteroatoms. The van der Waals surface area contributed by atoms with E-state index in [4.69, 9.17) is 4.74 Å². The summed E-state index contributed by atoms with van der Waals surface area (Å²) in [5.74, 6) is 0.0500. The Morgan fingerprint density at radius 1 is 0.917 bits per heavy atom. The molecular formula is C21H24O3. The fourth-order valence-corrected chi connectivity index (χ4v) is 2.52. The number of hydrogen-bond donors (Lipinski definition) is 0.